The Balaban J connectivity index is 1.91. The van der Waals surface area contributed by atoms with Gasteiger partial charge in [-0.1, -0.05) is 0 Å². The Bertz CT molecular complexity index is 590. The topological polar surface area (TPSA) is 64.0 Å². The maximum atomic E-state index is 11.7. The first-order valence-corrected chi connectivity index (χ1v) is 6.44. The molecule has 0 fully saturated rings. The zero-order valence-electron chi connectivity index (χ0n) is 9.92. The van der Waals surface area contributed by atoms with E-state index in [0.717, 1.165) is 0 Å². The lowest BCUT2D eigenvalue weighted by atomic mass is 10.3. The molecule has 0 unspecified atom stereocenters. The monoisotopic (exact) mass is 263 g/mol. The van der Waals surface area contributed by atoms with E-state index in [9.17, 15) is 9.59 Å². The van der Waals surface area contributed by atoms with Crippen LogP contribution in [0.2, 0.25) is 0 Å². The minimum Gasteiger partial charge on any atom is -0.350 e. The van der Waals surface area contributed by atoms with Crippen LogP contribution in [0.15, 0.2) is 34.1 Å². The zero-order valence-corrected chi connectivity index (χ0v) is 10.7. The number of amides is 1. The van der Waals surface area contributed by atoms with Crippen LogP contribution >= 0.6 is 11.3 Å². The number of thiophene rings is 1. The largest absolute Gasteiger partial charge is 0.350 e. The van der Waals surface area contributed by atoms with Gasteiger partial charge in [0.25, 0.3) is 11.5 Å². The van der Waals surface area contributed by atoms with E-state index in [4.69, 9.17) is 0 Å². The lowest BCUT2D eigenvalue weighted by molar-refractivity contribution is 0.0952. The molecule has 0 aliphatic rings. The van der Waals surface area contributed by atoms with E-state index in [1.165, 1.54) is 28.4 Å². The van der Waals surface area contributed by atoms with Crippen LogP contribution in [0.4, 0.5) is 0 Å². The molecule has 5 nitrogen and oxygen atoms in total. The molecule has 0 radical (unpaired) electrons. The SMILES string of the molecule is Cc1cncn(CCNC(=O)c2ccsc2)c1=O. The van der Waals surface area contributed by atoms with E-state index in [1.54, 1.807) is 18.4 Å². The van der Waals surface area contributed by atoms with Gasteiger partial charge >= 0.3 is 0 Å². The van der Waals surface area contributed by atoms with Crippen LogP contribution in [0, 0.1) is 6.92 Å². The summed E-state index contributed by atoms with van der Waals surface area (Å²) in [6.07, 6.45) is 3.01. The molecule has 94 valence electrons. The molecule has 18 heavy (non-hydrogen) atoms. The van der Waals surface area contributed by atoms with Crippen molar-refractivity contribution >= 4 is 17.2 Å². The Morgan fingerprint density at radius 1 is 1.56 bits per heavy atom. The molecule has 6 heteroatoms. The maximum absolute atomic E-state index is 11.7. The average molecular weight is 263 g/mol. The third kappa shape index (κ3) is 2.84. The lowest BCUT2D eigenvalue weighted by Crippen LogP contribution is -2.31. The van der Waals surface area contributed by atoms with Gasteiger partial charge < -0.3 is 5.32 Å². The molecule has 0 aliphatic carbocycles. The molecule has 2 heterocycles. The summed E-state index contributed by atoms with van der Waals surface area (Å²) in [4.78, 5) is 27.3. The Morgan fingerprint density at radius 3 is 3.11 bits per heavy atom. The molecule has 0 aliphatic heterocycles. The minimum atomic E-state index is -0.120. The highest BCUT2D eigenvalue weighted by atomic mass is 32.1. The zero-order chi connectivity index (χ0) is 13.0. The van der Waals surface area contributed by atoms with Crippen molar-refractivity contribution in [3.8, 4) is 0 Å². The van der Waals surface area contributed by atoms with E-state index in [-0.39, 0.29) is 11.5 Å². The van der Waals surface area contributed by atoms with Gasteiger partial charge in [-0.15, -0.1) is 0 Å². The van der Waals surface area contributed by atoms with Crippen LogP contribution in [0.25, 0.3) is 0 Å². The van der Waals surface area contributed by atoms with Gasteiger partial charge in [0.1, 0.15) is 0 Å². The quantitative estimate of drug-likeness (QED) is 0.896. The normalized spacial score (nSPS) is 10.3. The van der Waals surface area contributed by atoms with Crippen LogP contribution in [0.1, 0.15) is 15.9 Å². The number of nitrogens with one attached hydrogen (secondary N) is 1. The molecule has 0 atom stereocenters. The van der Waals surface area contributed by atoms with Gasteiger partial charge in [-0.3, -0.25) is 14.2 Å². The summed E-state index contributed by atoms with van der Waals surface area (Å²) < 4.78 is 1.49. The third-order valence-electron chi connectivity index (χ3n) is 2.49. The fourth-order valence-corrected chi connectivity index (χ4v) is 2.14. The lowest BCUT2D eigenvalue weighted by Gasteiger charge is -2.06. The minimum absolute atomic E-state index is 0.0743. The number of rotatable bonds is 4. The predicted molar refractivity (Wildman–Crippen MR) is 69.9 cm³/mol. The summed E-state index contributed by atoms with van der Waals surface area (Å²) in [5.74, 6) is -0.120. The third-order valence-corrected chi connectivity index (χ3v) is 3.18. The molecule has 2 rings (SSSR count). The molecule has 2 aromatic rings. The Hall–Kier alpha value is -1.95. The van der Waals surface area contributed by atoms with Crippen LogP contribution in [0.5, 0.6) is 0 Å². The second kappa shape index (κ2) is 5.59. The summed E-state index contributed by atoms with van der Waals surface area (Å²) in [5, 5.41) is 6.40. The van der Waals surface area contributed by atoms with Crippen molar-refractivity contribution in [3.05, 3.63) is 50.8 Å². The number of hydrogen-bond acceptors (Lipinski definition) is 4. The highest BCUT2D eigenvalue weighted by Gasteiger charge is 2.05. The number of aryl methyl sites for hydroxylation is 1. The number of carbonyl (C=O) groups excluding carboxylic acids is 1. The fourth-order valence-electron chi connectivity index (χ4n) is 1.50. The van der Waals surface area contributed by atoms with Crippen molar-refractivity contribution in [1.82, 2.24) is 14.9 Å². The van der Waals surface area contributed by atoms with Crippen LogP contribution in [-0.2, 0) is 6.54 Å². The molecule has 0 saturated carbocycles. The van der Waals surface area contributed by atoms with E-state index >= 15 is 0 Å². The first-order chi connectivity index (χ1) is 8.68. The van der Waals surface area contributed by atoms with Gasteiger partial charge in [-0.05, 0) is 18.4 Å². The first kappa shape index (κ1) is 12.5. The highest BCUT2D eigenvalue weighted by Crippen LogP contribution is 2.04. The van der Waals surface area contributed by atoms with Crippen LogP contribution in [0.3, 0.4) is 0 Å². The number of aromatic nitrogens is 2. The molecule has 0 bridgehead atoms. The van der Waals surface area contributed by atoms with Gasteiger partial charge in [0.15, 0.2) is 0 Å². The summed E-state index contributed by atoms with van der Waals surface area (Å²) in [6, 6.07) is 1.76. The summed E-state index contributed by atoms with van der Waals surface area (Å²) in [6.45, 7) is 2.54. The predicted octanol–water partition coefficient (Wildman–Crippen LogP) is 1.04. The average Bonchev–Trinajstić information content (AvgIpc) is 2.88. The maximum Gasteiger partial charge on any atom is 0.256 e. The Kier molecular flexibility index (Phi) is 3.88. The highest BCUT2D eigenvalue weighted by molar-refractivity contribution is 7.08. The van der Waals surface area contributed by atoms with E-state index < -0.39 is 0 Å². The van der Waals surface area contributed by atoms with E-state index in [1.807, 2.05) is 5.38 Å². The molecule has 2 aromatic heterocycles. The molecule has 0 aromatic carbocycles. The fraction of sp³-hybridized carbons (Fsp3) is 0.250. The smallest absolute Gasteiger partial charge is 0.256 e. The number of carbonyl (C=O) groups is 1. The molecule has 1 N–H and O–H groups in total. The molecular formula is C12H13N3O2S. The van der Waals surface area contributed by atoms with E-state index in [0.29, 0.717) is 24.2 Å². The summed E-state index contributed by atoms with van der Waals surface area (Å²) in [7, 11) is 0. The summed E-state index contributed by atoms with van der Waals surface area (Å²) >= 11 is 1.48. The number of nitrogens with zero attached hydrogens (tertiary/aromatic N) is 2. The Labute approximate surface area is 108 Å². The van der Waals surface area contributed by atoms with Gasteiger partial charge in [0.2, 0.25) is 0 Å². The number of hydrogen-bond donors (Lipinski definition) is 1. The van der Waals surface area contributed by atoms with Crippen molar-refractivity contribution in [2.75, 3.05) is 6.54 Å². The standard InChI is InChI=1S/C12H13N3O2S/c1-9-6-13-8-15(12(9)17)4-3-14-11(16)10-2-5-18-7-10/h2,5-8H,3-4H2,1H3,(H,14,16). The van der Waals surface area contributed by atoms with Gasteiger partial charge in [0, 0.05) is 35.8 Å². The van der Waals surface area contributed by atoms with Crippen molar-refractivity contribution in [2.45, 2.75) is 13.5 Å². The first-order valence-electron chi connectivity index (χ1n) is 5.50. The molecular weight excluding hydrogens is 250 g/mol. The van der Waals surface area contributed by atoms with Gasteiger partial charge in [-0.25, -0.2) is 4.98 Å². The van der Waals surface area contributed by atoms with Crippen molar-refractivity contribution in [2.24, 2.45) is 0 Å². The van der Waals surface area contributed by atoms with E-state index in [2.05, 4.69) is 10.3 Å². The second-order valence-corrected chi connectivity index (χ2v) is 4.62. The molecule has 1 amide bonds. The van der Waals surface area contributed by atoms with Gasteiger partial charge in [0.05, 0.1) is 6.33 Å². The summed E-state index contributed by atoms with van der Waals surface area (Å²) in [5.41, 5.74) is 1.17. The van der Waals surface area contributed by atoms with Crippen molar-refractivity contribution in [1.29, 1.82) is 0 Å². The van der Waals surface area contributed by atoms with Gasteiger partial charge in [-0.2, -0.15) is 11.3 Å². The van der Waals surface area contributed by atoms with Crippen LogP contribution in [-0.4, -0.2) is 22.0 Å². The second-order valence-electron chi connectivity index (χ2n) is 3.84. The molecule has 0 spiro atoms. The van der Waals surface area contributed by atoms with Crippen molar-refractivity contribution < 1.29 is 4.79 Å². The van der Waals surface area contributed by atoms with Crippen LogP contribution < -0.4 is 10.9 Å². The van der Waals surface area contributed by atoms with Crippen molar-refractivity contribution in [3.63, 3.8) is 0 Å². The Morgan fingerprint density at radius 2 is 2.39 bits per heavy atom. The molecule has 0 saturated heterocycles.